The molecule has 0 spiro atoms. The zero-order chi connectivity index (χ0) is 16.7. The van der Waals surface area contributed by atoms with Crippen molar-refractivity contribution in [3.63, 3.8) is 0 Å². The highest BCUT2D eigenvalue weighted by Crippen LogP contribution is 2.57. The summed E-state index contributed by atoms with van der Waals surface area (Å²) in [7, 11) is -9.83. The fourth-order valence-electron chi connectivity index (χ4n) is 1.35. The molecule has 0 bridgehead atoms. The zero-order valence-corrected chi connectivity index (χ0v) is 14.6. The molecule has 0 aliphatic heterocycles. The molecule has 0 aromatic carbocycles. The first kappa shape index (κ1) is 20.7. The largest absolute Gasteiger partial charge is 0.481 e. The van der Waals surface area contributed by atoms with Crippen molar-refractivity contribution in [2.45, 2.75) is 47.0 Å². The van der Waals surface area contributed by atoms with E-state index >= 15 is 0 Å². The first-order chi connectivity index (χ1) is 9.47. The molecule has 1 unspecified atom stereocenters. The van der Waals surface area contributed by atoms with E-state index in [-0.39, 0.29) is 6.61 Å². The summed E-state index contributed by atoms with van der Waals surface area (Å²) < 4.78 is 30.1. The summed E-state index contributed by atoms with van der Waals surface area (Å²) in [5.74, 6) is 0. The van der Waals surface area contributed by atoms with Crippen molar-refractivity contribution in [1.82, 2.24) is 0 Å². The molecular formula is C12H24O7P2. The molecule has 0 saturated heterocycles. The topological polar surface area (TPSA) is 113 Å². The predicted molar refractivity (Wildman–Crippen MR) is 80.6 cm³/mol. The van der Waals surface area contributed by atoms with Crippen molar-refractivity contribution < 1.29 is 32.6 Å². The Morgan fingerprint density at radius 1 is 1.10 bits per heavy atom. The van der Waals surface area contributed by atoms with Crippen molar-refractivity contribution in [2.24, 2.45) is 0 Å². The van der Waals surface area contributed by atoms with Crippen LogP contribution in [0.3, 0.4) is 0 Å². The third kappa shape index (κ3) is 11.0. The molecule has 0 aliphatic rings. The fraction of sp³-hybridized carbons (Fsp3) is 0.667. The van der Waals surface area contributed by atoms with E-state index in [9.17, 15) is 9.13 Å². The summed E-state index contributed by atoms with van der Waals surface area (Å²) in [5.41, 5.74) is 3.01. The van der Waals surface area contributed by atoms with Gasteiger partial charge in [-0.1, -0.05) is 24.1 Å². The number of hydrogen-bond acceptors (Lipinski definition) is 4. The van der Waals surface area contributed by atoms with Gasteiger partial charge in [-0.3, -0.25) is 4.52 Å². The van der Waals surface area contributed by atoms with E-state index in [1.807, 2.05) is 6.92 Å². The lowest BCUT2D eigenvalue weighted by Crippen LogP contribution is -1.99. The normalized spacial score (nSPS) is 17.4. The summed E-state index contributed by atoms with van der Waals surface area (Å²) >= 11 is 0. The Morgan fingerprint density at radius 3 is 2.14 bits per heavy atom. The second-order valence-corrected chi connectivity index (χ2v) is 7.65. The molecule has 7 nitrogen and oxygen atoms in total. The monoisotopic (exact) mass is 342 g/mol. The molecule has 3 N–H and O–H groups in total. The quantitative estimate of drug-likeness (QED) is 0.432. The maximum Gasteiger partial charge on any atom is 0.481 e. The van der Waals surface area contributed by atoms with Crippen LogP contribution in [0, 0.1) is 0 Å². The number of phosphoric ester groups is 1. The van der Waals surface area contributed by atoms with Crippen LogP contribution in [0.4, 0.5) is 0 Å². The number of phosphoric acid groups is 2. The molecule has 0 rings (SSSR count). The van der Waals surface area contributed by atoms with Gasteiger partial charge in [0.1, 0.15) is 0 Å². The van der Waals surface area contributed by atoms with Gasteiger partial charge in [-0.25, -0.2) is 9.13 Å². The van der Waals surface area contributed by atoms with E-state index in [2.05, 4.69) is 28.8 Å². The van der Waals surface area contributed by atoms with Crippen LogP contribution in [0.15, 0.2) is 22.8 Å². The Labute approximate surface area is 125 Å². The number of rotatable bonds is 9. The van der Waals surface area contributed by atoms with Gasteiger partial charge < -0.3 is 14.7 Å². The molecule has 1 atom stereocenters. The minimum absolute atomic E-state index is 0.226. The van der Waals surface area contributed by atoms with Gasteiger partial charge in [0.25, 0.3) is 0 Å². The molecular weight excluding hydrogens is 318 g/mol. The number of hydrogen-bond donors (Lipinski definition) is 3. The highest BCUT2D eigenvalue weighted by Gasteiger charge is 2.32. The number of allylic oxidation sites excluding steroid dienone is 3. The minimum Gasteiger partial charge on any atom is -0.302 e. The average molecular weight is 342 g/mol. The van der Waals surface area contributed by atoms with Gasteiger partial charge in [0.05, 0.1) is 6.61 Å². The van der Waals surface area contributed by atoms with Gasteiger partial charge in [-0.2, -0.15) is 4.31 Å². The van der Waals surface area contributed by atoms with Crippen LogP contribution >= 0.6 is 15.6 Å². The third-order valence-corrected chi connectivity index (χ3v) is 5.08. The highest BCUT2D eigenvalue weighted by atomic mass is 31.3. The second kappa shape index (κ2) is 9.01. The molecule has 9 heteroatoms. The first-order valence-corrected chi connectivity index (χ1v) is 9.54. The molecule has 0 heterocycles. The first-order valence-electron chi connectivity index (χ1n) is 6.52. The summed E-state index contributed by atoms with van der Waals surface area (Å²) in [5, 5.41) is 0. The Morgan fingerprint density at radius 2 is 1.67 bits per heavy atom. The van der Waals surface area contributed by atoms with E-state index in [0.717, 1.165) is 30.4 Å². The molecule has 0 amide bonds. The molecule has 0 aromatic rings. The lowest BCUT2D eigenvalue weighted by molar-refractivity contribution is 0.188. The maximum atomic E-state index is 11.3. The Kier molecular flexibility index (Phi) is 8.90. The van der Waals surface area contributed by atoms with Crippen LogP contribution in [-0.2, 0) is 18.0 Å². The summed E-state index contributed by atoms with van der Waals surface area (Å²) in [6.07, 6.45) is 4.77. The smallest absolute Gasteiger partial charge is 0.302 e. The standard InChI is InChI=1S/C12H24O7P2/c1-5-10(2)7-6-8-11(3)12(4)9-18-21(16,17)19-20(13,14)15/h7H,5-6,8-9H2,1-4H3,(H,16,17)(H2,13,14,15)/b10-7+,12-11+. The average Bonchev–Trinajstić information content (AvgIpc) is 2.32. The van der Waals surface area contributed by atoms with E-state index in [1.165, 1.54) is 5.57 Å². The Hall–Kier alpha value is -0.260. The fourth-order valence-corrected chi connectivity index (χ4v) is 2.97. The predicted octanol–water partition coefficient (Wildman–Crippen LogP) is 3.69. The molecule has 124 valence electrons. The van der Waals surface area contributed by atoms with Gasteiger partial charge in [0.15, 0.2) is 0 Å². The van der Waals surface area contributed by atoms with Crippen LogP contribution in [0.2, 0.25) is 0 Å². The van der Waals surface area contributed by atoms with E-state index < -0.39 is 15.6 Å². The van der Waals surface area contributed by atoms with Crippen molar-refractivity contribution in [2.75, 3.05) is 6.61 Å². The second-order valence-electron chi connectivity index (χ2n) is 4.82. The maximum absolute atomic E-state index is 11.3. The van der Waals surface area contributed by atoms with Crippen LogP contribution in [0.25, 0.3) is 0 Å². The Bertz CT molecular complexity index is 490. The molecule has 0 radical (unpaired) electrons. The van der Waals surface area contributed by atoms with Crippen LogP contribution < -0.4 is 0 Å². The zero-order valence-electron chi connectivity index (χ0n) is 12.8. The lowest BCUT2D eigenvalue weighted by Gasteiger charge is -2.13. The van der Waals surface area contributed by atoms with Gasteiger partial charge >= 0.3 is 15.6 Å². The molecule has 0 aromatic heterocycles. The summed E-state index contributed by atoms with van der Waals surface area (Å²) in [6, 6.07) is 0. The molecule has 0 saturated carbocycles. The van der Waals surface area contributed by atoms with Gasteiger partial charge in [0, 0.05) is 0 Å². The lowest BCUT2D eigenvalue weighted by atomic mass is 10.1. The third-order valence-electron chi connectivity index (χ3n) is 2.95. The van der Waals surface area contributed by atoms with Crippen molar-refractivity contribution in [3.8, 4) is 0 Å². The van der Waals surface area contributed by atoms with E-state index in [1.54, 1.807) is 6.92 Å². The minimum atomic E-state index is -5.07. The van der Waals surface area contributed by atoms with E-state index in [0.29, 0.717) is 0 Å². The Balaban J connectivity index is 4.46. The molecule has 21 heavy (non-hydrogen) atoms. The van der Waals surface area contributed by atoms with Gasteiger partial charge in [0.2, 0.25) is 0 Å². The van der Waals surface area contributed by atoms with Gasteiger partial charge in [-0.15, -0.1) is 0 Å². The van der Waals surface area contributed by atoms with Crippen molar-refractivity contribution in [3.05, 3.63) is 22.8 Å². The van der Waals surface area contributed by atoms with Crippen molar-refractivity contribution in [1.29, 1.82) is 0 Å². The summed E-state index contributed by atoms with van der Waals surface area (Å²) in [4.78, 5) is 26.1. The SMILES string of the molecule is CC/C(C)=C/CC/C(C)=C(\C)COP(=O)(O)OP(=O)(O)O. The molecule has 0 fully saturated rings. The van der Waals surface area contributed by atoms with Gasteiger partial charge in [-0.05, 0) is 45.6 Å². The summed E-state index contributed by atoms with van der Waals surface area (Å²) in [6.45, 7) is 7.50. The van der Waals surface area contributed by atoms with Crippen LogP contribution in [-0.4, -0.2) is 21.3 Å². The van der Waals surface area contributed by atoms with Crippen LogP contribution in [0.5, 0.6) is 0 Å². The van der Waals surface area contributed by atoms with E-state index in [4.69, 9.17) is 14.7 Å². The van der Waals surface area contributed by atoms with Crippen molar-refractivity contribution >= 4 is 15.6 Å². The molecule has 0 aliphatic carbocycles. The highest BCUT2D eigenvalue weighted by molar-refractivity contribution is 7.60. The van der Waals surface area contributed by atoms with Crippen LogP contribution in [0.1, 0.15) is 47.0 Å².